The number of anilines is 1. The second-order valence-corrected chi connectivity index (χ2v) is 6.69. The van der Waals surface area contributed by atoms with Crippen LogP contribution in [-0.4, -0.2) is 30.8 Å². The van der Waals surface area contributed by atoms with Crippen molar-refractivity contribution in [3.63, 3.8) is 0 Å². The SMILES string of the molecule is Cc1cc(C)c(/C=C(\C#N)C(=O)Nc2ccc(C(=O)N(C)C)cc2)cc1C. The van der Waals surface area contributed by atoms with Crippen molar-refractivity contribution in [2.75, 3.05) is 19.4 Å². The smallest absolute Gasteiger partial charge is 0.266 e. The number of carbonyl (C=O) groups is 2. The van der Waals surface area contributed by atoms with E-state index in [9.17, 15) is 14.9 Å². The van der Waals surface area contributed by atoms with Gasteiger partial charge in [0.1, 0.15) is 11.6 Å². The van der Waals surface area contributed by atoms with Gasteiger partial charge < -0.3 is 10.2 Å². The number of nitrogens with zero attached hydrogens (tertiary/aromatic N) is 2. The second kappa shape index (κ2) is 8.33. The Balaban J connectivity index is 2.22. The molecule has 5 heteroatoms. The first-order valence-corrected chi connectivity index (χ1v) is 8.55. The van der Waals surface area contributed by atoms with Crippen LogP contribution in [0, 0.1) is 32.1 Å². The molecule has 138 valence electrons. The summed E-state index contributed by atoms with van der Waals surface area (Å²) in [5, 5.41) is 12.1. The van der Waals surface area contributed by atoms with Gasteiger partial charge in [-0.25, -0.2) is 0 Å². The van der Waals surface area contributed by atoms with Crippen molar-refractivity contribution in [1.82, 2.24) is 4.90 Å². The summed E-state index contributed by atoms with van der Waals surface area (Å²) in [6.07, 6.45) is 1.60. The zero-order valence-corrected chi connectivity index (χ0v) is 16.3. The third kappa shape index (κ3) is 4.83. The second-order valence-electron chi connectivity index (χ2n) is 6.69. The maximum Gasteiger partial charge on any atom is 0.266 e. The van der Waals surface area contributed by atoms with Crippen LogP contribution in [0.15, 0.2) is 42.0 Å². The lowest BCUT2D eigenvalue weighted by atomic mass is 9.99. The van der Waals surface area contributed by atoms with Crippen molar-refractivity contribution in [1.29, 1.82) is 5.26 Å². The van der Waals surface area contributed by atoms with E-state index in [0.717, 1.165) is 16.7 Å². The minimum absolute atomic E-state index is 0.0230. The van der Waals surface area contributed by atoms with Gasteiger partial charge in [-0.3, -0.25) is 9.59 Å². The van der Waals surface area contributed by atoms with Gasteiger partial charge in [0.2, 0.25) is 0 Å². The van der Waals surface area contributed by atoms with Crippen LogP contribution in [0.5, 0.6) is 0 Å². The molecular weight excluding hydrogens is 338 g/mol. The third-order valence-corrected chi connectivity index (χ3v) is 4.34. The molecule has 0 fully saturated rings. The van der Waals surface area contributed by atoms with Gasteiger partial charge in [0.15, 0.2) is 0 Å². The molecule has 27 heavy (non-hydrogen) atoms. The number of benzene rings is 2. The summed E-state index contributed by atoms with van der Waals surface area (Å²) >= 11 is 0. The fraction of sp³-hybridized carbons (Fsp3) is 0.227. The molecule has 2 amide bonds. The van der Waals surface area contributed by atoms with Gasteiger partial charge in [0.05, 0.1) is 0 Å². The Kier molecular flexibility index (Phi) is 6.15. The first-order valence-electron chi connectivity index (χ1n) is 8.55. The van der Waals surface area contributed by atoms with Gasteiger partial charge in [-0.15, -0.1) is 0 Å². The molecule has 0 bridgehead atoms. The van der Waals surface area contributed by atoms with Gasteiger partial charge in [-0.05, 0) is 73.4 Å². The van der Waals surface area contributed by atoms with Crippen LogP contribution in [0.4, 0.5) is 5.69 Å². The predicted octanol–water partition coefficient (Wildman–Crippen LogP) is 3.86. The van der Waals surface area contributed by atoms with Gasteiger partial charge in [-0.2, -0.15) is 5.26 Å². The molecular formula is C22H23N3O2. The van der Waals surface area contributed by atoms with E-state index in [0.29, 0.717) is 11.3 Å². The fourth-order valence-electron chi connectivity index (χ4n) is 2.60. The van der Waals surface area contributed by atoms with Crippen LogP contribution >= 0.6 is 0 Å². The zero-order valence-electron chi connectivity index (χ0n) is 16.3. The number of carbonyl (C=O) groups excluding carboxylic acids is 2. The Labute approximate surface area is 159 Å². The maximum absolute atomic E-state index is 12.5. The topological polar surface area (TPSA) is 73.2 Å². The Morgan fingerprint density at radius 3 is 2.15 bits per heavy atom. The summed E-state index contributed by atoms with van der Waals surface area (Å²) in [5.74, 6) is -0.600. The summed E-state index contributed by atoms with van der Waals surface area (Å²) in [5.41, 5.74) is 5.19. The highest BCUT2D eigenvalue weighted by atomic mass is 16.2. The summed E-state index contributed by atoms with van der Waals surface area (Å²) in [4.78, 5) is 25.8. The van der Waals surface area contributed by atoms with Gasteiger partial charge in [0.25, 0.3) is 11.8 Å². The molecule has 0 saturated carbocycles. The minimum Gasteiger partial charge on any atom is -0.345 e. The molecule has 0 atom stereocenters. The average molecular weight is 361 g/mol. The molecule has 0 aliphatic carbocycles. The first kappa shape index (κ1) is 19.9. The predicted molar refractivity (Wildman–Crippen MR) is 107 cm³/mol. The van der Waals surface area contributed by atoms with Crippen molar-refractivity contribution in [2.45, 2.75) is 20.8 Å². The Hall–Kier alpha value is -3.39. The summed E-state index contributed by atoms with van der Waals surface area (Å²) < 4.78 is 0. The number of nitriles is 1. The van der Waals surface area contributed by atoms with Crippen molar-refractivity contribution < 1.29 is 9.59 Å². The standard InChI is InChI=1S/C22H23N3O2/c1-14-10-16(3)18(11-15(14)2)12-19(13-23)21(26)24-20-8-6-17(7-9-20)22(27)25(4)5/h6-12H,1-5H3,(H,24,26)/b19-12+. The molecule has 2 aromatic rings. The molecule has 0 saturated heterocycles. The van der Waals surface area contributed by atoms with E-state index in [1.807, 2.05) is 39.0 Å². The minimum atomic E-state index is -0.484. The number of amides is 2. The Morgan fingerprint density at radius 1 is 1.00 bits per heavy atom. The van der Waals surface area contributed by atoms with E-state index in [-0.39, 0.29) is 11.5 Å². The molecule has 0 radical (unpaired) electrons. The quantitative estimate of drug-likeness (QED) is 0.664. The van der Waals surface area contributed by atoms with E-state index in [1.165, 1.54) is 10.5 Å². The average Bonchev–Trinajstić information content (AvgIpc) is 2.63. The summed E-state index contributed by atoms with van der Waals surface area (Å²) in [7, 11) is 3.35. The molecule has 0 aromatic heterocycles. The molecule has 0 unspecified atom stereocenters. The first-order chi connectivity index (χ1) is 12.7. The number of rotatable bonds is 4. The lowest BCUT2D eigenvalue weighted by Gasteiger charge is -2.11. The lowest BCUT2D eigenvalue weighted by molar-refractivity contribution is -0.112. The van der Waals surface area contributed by atoms with Crippen LogP contribution in [-0.2, 0) is 4.79 Å². The van der Waals surface area contributed by atoms with Crippen molar-refractivity contribution in [3.8, 4) is 6.07 Å². The molecule has 0 aliphatic rings. The number of hydrogen-bond acceptors (Lipinski definition) is 3. The van der Waals surface area contributed by atoms with Crippen LogP contribution in [0.3, 0.4) is 0 Å². The van der Waals surface area contributed by atoms with Crippen LogP contribution in [0.1, 0.15) is 32.6 Å². The van der Waals surface area contributed by atoms with E-state index in [4.69, 9.17) is 0 Å². The van der Waals surface area contributed by atoms with Gasteiger partial charge in [-0.1, -0.05) is 12.1 Å². The van der Waals surface area contributed by atoms with Crippen LogP contribution in [0.25, 0.3) is 6.08 Å². The van der Waals surface area contributed by atoms with Gasteiger partial charge in [0, 0.05) is 25.3 Å². The van der Waals surface area contributed by atoms with E-state index >= 15 is 0 Å². The largest absolute Gasteiger partial charge is 0.345 e. The van der Waals surface area contributed by atoms with Crippen molar-refractivity contribution in [3.05, 3.63) is 69.8 Å². The van der Waals surface area contributed by atoms with Gasteiger partial charge >= 0.3 is 0 Å². The molecule has 2 aromatic carbocycles. The van der Waals surface area contributed by atoms with Crippen molar-refractivity contribution >= 4 is 23.6 Å². The highest BCUT2D eigenvalue weighted by Gasteiger charge is 2.12. The lowest BCUT2D eigenvalue weighted by Crippen LogP contribution is -2.21. The van der Waals surface area contributed by atoms with Crippen LogP contribution < -0.4 is 5.32 Å². The normalized spacial score (nSPS) is 10.9. The van der Waals surface area contributed by atoms with E-state index < -0.39 is 5.91 Å². The molecule has 0 heterocycles. The highest BCUT2D eigenvalue weighted by molar-refractivity contribution is 6.10. The van der Waals surface area contributed by atoms with Crippen LogP contribution in [0.2, 0.25) is 0 Å². The summed E-state index contributed by atoms with van der Waals surface area (Å²) in [6, 6.07) is 12.5. The number of hydrogen-bond donors (Lipinski definition) is 1. The third-order valence-electron chi connectivity index (χ3n) is 4.34. The Bertz CT molecular complexity index is 949. The van der Waals surface area contributed by atoms with E-state index in [2.05, 4.69) is 5.32 Å². The number of aryl methyl sites for hydroxylation is 3. The monoisotopic (exact) mass is 361 g/mol. The van der Waals surface area contributed by atoms with E-state index in [1.54, 1.807) is 44.4 Å². The maximum atomic E-state index is 12.5. The Morgan fingerprint density at radius 2 is 1.59 bits per heavy atom. The molecule has 2 rings (SSSR count). The fourth-order valence-corrected chi connectivity index (χ4v) is 2.60. The summed E-state index contributed by atoms with van der Waals surface area (Å²) in [6.45, 7) is 5.97. The van der Waals surface area contributed by atoms with Crippen molar-refractivity contribution in [2.24, 2.45) is 0 Å². The molecule has 1 N–H and O–H groups in total. The molecule has 0 spiro atoms. The number of nitrogens with one attached hydrogen (secondary N) is 1. The molecule has 0 aliphatic heterocycles. The highest BCUT2D eigenvalue weighted by Crippen LogP contribution is 2.19. The zero-order chi connectivity index (χ0) is 20.1. The molecule has 5 nitrogen and oxygen atoms in total.